The highest BCUT2D eigenvalue weighted by molar-refractivity contribution is 7.80. The third-order valence-corrected chi connectivity index (χ3v) is 1.54. The summed E-state index contributed by atoms with van der Waals surface area (Å²) in [5, 5.41) is -0.0804. The number of rotatable bonds is 1. The maximum absolute atomic E-state index is 7.06. The Labute approximate surface area is 78.8 Å². The largest absolute Gasteiger partial charge is 0.273 e. The van der Waals surface area contributed by atoms with Crippen LogP contribution in [-0.4, -0.2) is 24.7 Å². The van der Waals surface area contributed by atoms with E-state index >= 15 is 0 Å². The molecule has 0 saturated heterocycles. The number of hydrogen-bond donors (Lipinski definition) is 1. The lowest BCUT2D eigenvalue weighted by atomic mass is 10.6. The maximum atomic E-state index is 7.06. The highest BCUT2D eigenvalue weighted by Gasteiger charge is 2.02. The summed E-state index contributed by atoms with van der Waals surface area (Å²) in [6.07, 6.45) is 4.51. The summed E-state index contributed by atoms with van der Waals surface area (Å²) >= 11 is 4.57. The van der Waals surface area contributed by atoms with Crippen molar-refractivity contribution in [3.63, 3.8) is 0 Å². The number of hydrogen-bond acceptors (Lipinski definition) is 4. The molecule has 2 N–H and O–H groups in total. The number of nitrogens with zero attached hydrogens (tertiary/aromatic N) is 4. The average molecular weight is 193 g/mol. The van der Waals surface area contributed by atoms with E-state index in [0.29, 0.717) is 11.2 Å². The van der Waals surface area contributed by atoms with Gasteiger partial charge in [0.05, 0.1) is 6.20 Å². The molecule has 0 fully saturated rings. The summed E-state index contributed by atoms with van der Waals surface area (Å²) in [5.74, 6) is 0. The second-order valence-electron chi connectivity index (χ2n) is 2.29. The molecule has 2 aromatic heterocycles. The summed E-state index contributed by atoms with van der Waals surface area (Å²) in [6.45, 7) is 0. The first-order valence-corrected chi connectivity index (χ1v) is 3.84. The highest BCUT2D eigenvalue weighted by Crippen LogP contribution is 2.04. The van der Waals surface area contributed by atoms with Crippen molar-refractivity contribution in [3.05, 3.63) is 18.9 Å². The van der Waals surface area contributed by atoms with Crippen LogP contribution in [0.3, 0.4) is 0 Å². The van der Waals surface area contributed by atoms with Crippen LogP contribution in [0.4, 0.5) is 0 Å². The fourth-order valence-electron chi connectivity index (χ4n) is 0.958. The molecule has 0 aromatic carbocycles. The summed E-state index contributed by atoms with van der Waals surface area (Å²) in [7, 11) is 0. The molecule has 0 spiro atoms. The first-order chi connectivity index (χ1) is 6.27. The minimum absolute atomic E-state index is 0.0804. The van der Waals surface area contributed by atoms with E-state index in [9.17, 15) is 0 Å². The average Bonchev–Trinajstić information content (AvgIpc) is 2.48. The smallest absolute Gasteiger partial charge is 0.204 e. The predicted molar refractivity (Wildman–Crippen MR) is 50.4 cm³/mol. The van der Waals surface area contributed by atoms with E-state index in [0.717, 1.165) is 0 Å². The van der Waals surface area contributed by atoms with Crippen molar-refractivity contribution in [1.82, 2.24) is 25.4 Å². The van der Waals surface area contributed by atoms with Gasteiger partial charge in [0.25, 0.3) is 0 Å². The Morgan fingerprint density at radius 2 is 2.38 bits per heavy atom. The van der Waals surface area contributed by atoms with E-state index in [1.54, 1.807) is 6.20 Å². The molecule has 0 atom stereocenters. The maximum Gasteiger partial charge on any atom is 0.204 e. The van der Waals surface area contributed by atoms with Crippen LogP contribution < -0.4 is 11.2 Å². The third kappa shape index (κ3) is 1.41. The van der Waals surface area contributed by atoms with Crippen molar-refractivity contribution < 1.29 is 0 Å². The molecule has 7 heteroatoms. The van der Waals surface area contributed by atoms with Crippen LogP contribution in [0, 0.1) is 0 Å². The molecule has 0 aliphatic heterocycles. The Balaban J connectivity index is 2.51. The van der Waals surface area contributed by atoms with Gasteiger partial charge in [0, 0.05) is 0 Å². The monoisotopic (exact) mass is 193 g/mol. The Hall–Kier alpha value is -1.76. The Bertz CT molecular complexity index is 449. The first-order valence-electron chi connectivity index (χ1n) is 3.43. The van der Waals surface area contributed by atoms with Gasteiger partial charge in [-0.25, -0.2) is 19.6 Å². The number of nitrogens with one attached hydrogen (secondary N) is 2. The van der Waals surface area contributed by atoms with Crippen LogP contribution in [0.2, 0.25) is 0 Å². The second-order valence-corrected chi connectivity index (χ2v) is 2.70. The standard InChI is InChI=1S/C6H5N6S/c7-6(13)11-12-3-10-5-4(12)1-8-2-9-5/h1-3,7H,(H,11,13). The minimum atomic E-state index is -0.0804. The van der Waals surface area contributed by atoms with Crippen LogP contribution >= 0.6 is 12.2 Å². The summed E-state index contributed by atoms with van der Waals surface area (Å²) in [6, 6.07) is 0. The fourth-order valence-corrected chi connectivity index (χ4v) is 1.06. The molecule has 0 saturated carbocycles. The highest BCUT2D eigenvalue weighted by atomic mass is 32.1. The Morgan fingerprint density at radius 1 is 1.54 bits per heavy atom. The number of thiocarbonyl (C=S) groups is 1. The molecule has 2 aromatic rings. The molecule has 6 nitrogen and oxygen atoms in total. The van der Waals surface area contributed by atoms with Crippen molar-refractivity contribution in [2.45, 2.75) is 0 Å². The van der Waals surface area contributed by atoms with Crippen molar-refractivity contribution in [1.29, 1.82) is 0 Å². The van der Waals surface area contributed by atoms with Crippen LogP contribution in [0.1, 0.15) is 0 Å². The topological polar surface area (TPSA) is 79.4 Å². The van der Waals surface area contributed by atoms with Crippen molar-refractivity contribution in [2.75, 3.05) is 5.43 Å². The Morgan fingerprint density at radius 3 is 3.15 bits per heavy atom. The van der Waals surface area contributed by atoms with Gasteiger partial charge < -0.3 is 0 Å². The predicted octanol–water partition coefficient (Wildman–Crippen LogP) is -0.0624. The number of aromatic nitrogens is 4. The second kappa shape index (κ2) is 2.94. The van der Waals surface area contributed by atoms with Crippen LogP contribution in [-0.2, 0) is 0 Å². The Kier molecular flexibility index (Phi) is 1.78. The van der Waals surface area contributed by atoms with Crippen molar-refractivity contribution >= 4 is 28.5 Å². The van der Waals surface area contributed by atoms with Gasteiger partial charge in [0.2, 0.25) is 5.11 Å². The summed E-state index contributed by atoms with van der Waals surface area (Å²) < 4.78 is 1.50. The van der Waals surface area contributed by atoms with Gasteiger partial charge in [0.1, 0.15) is 18.2 Å². The summed E-state index contributed by atoms with van der Waals surface area (Å²) in [5.41, 5.74) is 10.9. The molecule has 0 bridgehead atoms. The van der Waals surface area contributed by atoms with E-state index in [1.165, 1.54) is 17.3 Å². The molecule has 2 heterocycles. The van der Waals surface area contributed by atoms with Crippen LogP contribution in [0.5, 0.6) is 0 Å². The van der Waals surface area contributed by atoms with Gasteiger partial charge in [-0.1, -0.05) is 0 Å². The normalized spacial score (nSPS) is 10.2. The lowest BCUT2D eigenvalue weighted by Crippen LogP contribution is -2.20. The lowest BCUT2D eigenvalue weighted by Gasteiger charge is -2.02. The van der Waals surface area contributed by atoms with E-state index in [4.69, 9.17) is 5.73 Å². The molecule has 0 unspecified atom stereocenters. The molecule has 0 aliphatic rings. The van der Waals surface area contributed by atoms with Crippen molar-refractivity contribution in [3.8, 4) is 0 Å². The number of imidazole rings is 1. The lowest BCUT2D eigenvalue weighted by molar-refractivity contribution is 1.00. The molecule has 2 rings (SSSR count). The zero-order chi connectivity index (χ0) is 9.26. The van der Waals surface area contributed by atoms with Crippen LogP contribution in [0.25, 0.3) is 11.2 Å². The van der Waals surface area contributed by atoms with Crippen LogP contribution in [0.15, 0.2) is 18.9 Å². The third-order valence-electron chi connectivity index (χ3n) is 1.45. The SMILES string of the molecule is [NH]C(=S)Nn1cnc2ncncc21. The van der Waals surface area contributed by atoms with Crippen molar-refractivity contribution in [2.24, 2.45) is 0 Å². The van der Waals surface area contributed by atoms with Gasteiger partial charge in [0.15, 0.2) is 5.65 Å². The van der Waals surface area contributed by atoms with E-state index in [-0.39, 0.29) is 5.11 Å². The molecule has 65 valence electrons. The molecular formula is C6H5N6S. The molecule has 13 heavy (non-hydrogen) atoms. The van der Waals surface area contributed by atoms with Gasteiger partial charge in [-0.2, -0.15) is 0 Å². The van der Waals surface area contributed by atoms with E-state index in [1.807, 2.05) is 0 Å². The quantitative estimate of drug-likeness (QED) is 0.642. The molecule has 0 amide bonds. The van der Waals surface area contributed by atoms with E-state index < -0.39 is 0 Å². The fraction of sp³-hybridized carbons (Fsp3) is 0. The zero-order valence-corrected chi connectivity index (χ0v) is 7.25. The number of fused-ring (bicyclic) bond motifs is 1. The van der Waals surface area contributed by atoms with E-state index in [2.05, 4.69) is 32.6 Å². The van der Waals surface area contributed by atoms with Gasteiger partial charge in [-0.05, 0) is 12.2 Å². The first kappa shape index (κ1) is 7.87. The zero-order valence-electron chi connectivity index (χ0n) is 6.43. The van der Waals surface area contributed by atoms with Gasteiger partial charge >= 0.3 is 0 Å². The summed E-state index contributed by atoms with van der Waals surface area (Å²) in [4.78, 5) is 11.7. The molecule has 1 radical (unpaired) electrons. The molecule has 0 aliphatic carbocycles. The van der Waals surface area contributed by atoms with Gasteiger partial charge in [-0.3, -0.25) is 11.2 Å². The molecular weight excluding hydrogens is 188 g/mol. The minimum Gasteiger partial charge on any atom is -0.273 e. The van der Waals surface area contributed by atoms with Gasteiger partial charge in [-0.15, -0.1) is 0 Å².